The molecule has 1 atom stereocenters. The summed E-state index contributed by atoms with van der Waals surface area (Å²) >= 11 is 0. The first kappa shape index (κ1) is 17.5. The van der Waals surface area contributed by atoms with E-state index in [1.165, 1.54) is 6.33 Å². The summed E-state index contributed by atoms with van der Waals surface area (Å²) in [4.78, 5) is 23.7. The van der Waals surface area contributed by atoms with Crippen LogP contribution >= 0.6 is 0 Å². The third-order valence-electron chi connectivity index (χ3n) is 5.12. The van der Waals surface area contributed by atoms with Crippen molar-refractivity contribution >= 4 is 11.7 Å². The number of fused-ring (bicyclic) bond motifs is 1. The molecular formula is C20H23N5O2. The van der Waals surface area contributed by atoms with E-state index in [0.29, 0.717) is 23.6 Å². The van der Waals surface area contributed by atoms with Crippen molar-refractivity contribution in [1.82, 2.24) is 24.5 Å². The van der Waals surface area contributed by atoms with Gasteiger partial charge in [-0.1, -0.05) is 6.07 Å². The molecular weight excluding hydrogens is 342 g/mol. The van der Waals surface area contributed by atoms with Crippen LogP contribution in [0, 0.1) is 13.8 Å². The lowest BCUT2D eigenvalue weighted by atomic mass is 9.93. The number of carbonyl (C=O) groups excluding carboxylic acids is 1. The zero-order chi connectivity index (χ0) is 19.0. The molecule has 2 aromatic heterocycles. The molecule has 140 valence electrons. The molecule has 1 aliphatic rings. The third kappa shape index (κ3) is 3.25. The predicted octanol–water partition coefficient (Wildman–Crippen LogP) is 2.77. The summed E-state index contributed by atoms with van der Waals surface area (Å²) < 4.78 is 7.22. The highest BCUT2D eigenvalue weighted by atomic mass is 16.5. The van der Waals surface area contributed by atoms with Crippen LogP contribution in [-0.2, 0) is 0 Å². The Hall–Kier alpha value is -2.96. The van der Waals surface area contributed by atoms with E-state index < -0.39 is 0 Å². The van der Waals surface area contributed by atoms with Crippen LogP contribution in [0.3, 0.4) is 0 Å². The zero-order valence-corrected chi connectivity index (χ0v) is 15.8. The molecule has 7 heteroatoms. The van der Waals surface area contributed by atoms with Crippen molar-refractivity contribution in [2.45, 2.75) is 32.6 Å². The lowest BCUT2D eigenvalue weighted by Crippen LogP contribution is -2.39. The summed E-state index contributed by atoms with van der Waals surface area (Å²) in [5, 5.41) is 4.32. The van der Waals surface area contributed by atoms with Crippen LogP contribution in [0.1, 0.15) is 46.1 Å². The fourth-order valence-corrected chi connectivity index (χ4v) is 3.80. The number of hydrogen-bond donors (Lipinski definition) is 0. The Morgan fingerprint density at radius 3 is 2.93 bits per heavy atom. The molecule has 0 bridgehead atoms. The smallest absolute Gasteiger partial charge is 0.257 e. The standard InChI is InChI=1S/C20H23N5O2/c1-13-6-7-16(18(9-13)27-3)19(26)24-8-4-5-15(11-24)17-10-14(2)23-20-21-12-22-25(17)20/h6-7,9-10,12,15H,4-5,8,11H2,1-3H3. The summed E-state index contributed by atoms with van der Waals surface area (Å²) in [5.41, 5.74) is 3.65. The number of benzene rings is 1. The molecule has 1 aliphatic heterocycles. The Morgan fingerprint density at radius 1 is 1.26 bits per heavy atom. The number of aryl methyl sites for hydroxylation is 2. The molecule has 1 unspecified atom stereocenters. The van der Waals surface area contributed by atoms with Gasteiger partial charge < -0.3 is 9.64 Å². The monoisotopic (exact) mass is 365 g/mol. The molecule has 0 spiro atoms. The van der Waals surface area contributed by atoms with Crippen LogP contribution in [0.25, 0.3) is 5.78 Å². The first-order valence-electron chi connectivity index (χ1n) is 9.18. The topological polar surface area (TPSA) is 72.6 Å². The second-order valence-electron chi connectivity index (χ2n) is 7.09. The van der Waals surface area contributed by atoms with E-state index in [1.807, 2.05) is 43.0 Å². The number of carbonyl (C=O) groups is 1. The van der Waals surface area contributed by atoms with E-state index in [9.17, 15) is 4.79 Å². The highest BCUT2D eigenvalue weighted by Crippen LogP contribution is 2.30. The number of piperidine rings is 1. The SMILES string of the molecule is COc1cc(C)ccc1C(=O)N1CCCC(c2cc(C)nc3ncnn23)C1. The van der Waals surface area contributed by atoms with Crippen LogP contribution in [0.5, 0.6) is 5.75 Å². The molecule has 1 aromatic carbocycles. The Bertz CT molecular complexity index is 997. The minimum absolute atomic E-state index is 0.0113. The second-order valence-corrected chi connectivity index (χ2v) is 7.09. The summed E-state index contributed by atoms with van der Waals surface area (Å²) in [7, 11) is 1.60. The van der Waals surface area contributed by atoms with Gasteiger partial charge in [-0.15, -0.1) is 0 Å². The number of methoxy groups -OCH3 is 1. The Labute approximate surface area is 158 Å². The maximum Gasteiger partial charge on any atom is 0.257 e. The second kappa shape index (κ2) is 6.98. The van der Waals surface area contributed by atoms with Crippen LogP contribution in [0.2, 0.25) is 0 Å². The van der Waals surface area contributed by atoms with Crippen molar-refractivity contribution in [2.24, 2.45) is 0 Å². The van der Waals surface area contributed by atoms with E-state index in [2.05, 4.69) is 15.1 Å². The molecule has 0 radical (unpaired) electrons. The van der Waals surface area contributed by atoms with Crippen molar-refractivity contribution in [3.05, 3.63) is 53.1 Å². The largest absolute Gasteiger partial charge is 0.496 e. The minimum Gasteiger partial charge on any atom is -0.496 e. The molecule has 0 N–H and O–H groups in total. The third-order valence-corrected chi connectivity index (χ3v) is 5.12. The quantitative estimate of drug-likeness (QED) is 0.714. The van der Waals surface area contributed by atoms with Crippen molar-refractivity contribution in [2.75, 3.05) is 20.2 Å². The van der Waals surface area contributed by atoms with Gasteiger partial charge in [0.25, 0.3) is 11.7 Å². The van der Waals surface area contributed by atoms with Gasteiger partial charge in [-0.3, -0.25) is 4.79 Å². The fourth-order valence-electron chi connectivity index (χ4n) is 3.80. The van der Waals surface area contributed by atoms with Gasteiger partial charge >= 0.3 is 0 Å². The van der Waals surface area contributed by atoms with Crippen LogP contribution in [0.15, 0.2) is 30.6 Å². The Morgan fingerprint density at radius 2 is 2.11 bits per heavy atom. The van der Waals surface area contributed by atoms with Gasteiger partial charge in [0.15, 0.2) is 0 Å². The van der Waals surface area contributed by atoms with E-state index in [0.717, 1.165) is 36.3 Å². The molecule has 3 aromatic rings. The lowest BCUT2D eigenvalue weighted by Gasteiger charge is -2.33. The molecule has 1 amide bonds. The maximum atomic E-state index is 13.1. The first-order valence-corrected chi connectivity index (χ1v) is 9.18. The number of aromatic nitrogens is 4. The maximum absolute atomic E-state index is 13.1. The van der Waals surface area contributed by atoms with Crippen LogP contribution in [0.4, 0.5) is 0 Å². The van der Waals surface area contributed by atoms with E-state index in [1.54, 1.807) is 11.6 Å². The van der Waals surface area contributed by atoms with Gasteiger partial charge in [-0.2, -0.15) is 10.1 Å². The first-order chi connectivity index (χ1) is 13.1. The number of likely N-dealkylation sites (tertiary alicyclic amines) is 1. The van der Waals surface area contributed by atoms with Crippen molar-refractivity contribution < 1.29 is 9.53 Å². The molecule has 27 heavy (non-hydrogen) atoms. The fraction of sp³-hybridized carbons (Fsp3) is 0.400. The number of nitrogens with zero attached hydrogens (tertiary/aromatic N) is 5. The Kier molecular flexibility index (Phi) is 4.51. The zero-order valence-electron chi connectivity index (χ0n) is 15.8. The van der Waals surface area contributed by atoms with E-state index >= 15 is 0 Å². The molecule has 1 fully saturated rings. The highest BCUT2D eigenvalue weighted by molar-refractivity contribution is 5.97. The molecule has 4 rings (SSSR count). The average molecular weight is 365 g/mol. The molecule has 0 aliphatic carbocycles. The lowest BCUT2D eigenvalue weighted by molar-refractivity contribution is 0.0702. The Balaban J connectivity index is 1.63. The molecule has 7 nitrogen and oxygen atoms in total. The molecule has 0 saturated carbocycles. The van der Waals surface area contributed by atoms with E-state index in [-0.39, 0.29) is 11.8 Å². The summed E-state index contributed by atoms with van der Waals surface area (Å²) in [6.07, 6.45) is 3.48. The predicted molar refractivity (Wildman–Crippen MR) is 101 cm³/mol. The van der Waals surface area contributed by atoms with Gasteiger partial charge in [0.2, 0.25) is 0 Å². The summed E-state index contributed by atoms with van der Waals surface area (Å²) in [6, 6.07) is 7.75. The van der Waals surface area contributed by atoms with Crippen molar-refractivity contribution in [3.63, 3.8) is 0 Å². The van der Waals surface area contributed by atoms with E-state index in [4.69, 9.17) is 4.74 Å². The number of ether oxygens (including phenoxy) is 1. The summed E-state index contributed by atoms with van der Waals surface area (Å²) in [5.74, 6) is 1.44. The molecule has 3 heterocycles. The number of rotatable bonds is 3. The summed E-state index contributed by atoms with van der Waals surface area (Å²) in [6.45, 7) is 5.34. The molecule has 1 saturated heterocycles. The number of hydrogen-bond acceptors (Lipinski definition) is 5. The van der Waals surface area contributed by atoms with Gasteiger partial charge in [-0.25, -0.2) is 9.50 Å². The highest BCUT2D eigenvalue weighted by Gasteiger charge is 2.29. The van der Waals surface area contributed by atoms with Gasteiger partial charge in [0.1, 0.15) is 12.1 Å². The van der Waals surface area contributed by atoms with Crippen molar-refractivity contribution in [1.29, 1.82) is 0 Å². The number of amides is 1. The average Bonchev–Trinajstić information content (AvgIpc) is 3.15. The van der Waals surface area contributed by atoms with Crippen LogP contribution in [-0.4, -0.2) is 50.6 Å². The van der Waals surface area contributed by atoms with Gasteiger partial charge in [-0.05, 0) is 50.5 Å². The van der Waals surface area contributed by atoms with Gasteiger partial charge in [0, 0.05) is 24.7 Å². The van der Waals surface area contributed by atoms with Crippen molar-refractivity contribution in [3.8, 4) is 5.75 Å². The normalized spacial score (nSPS) is 17.3. The van der Waals surface area contributed by atoms with Crippen LogP contribution < -0.4 is 4.74 Å². The van der Waals surface area contributed by atoms with Gasteiger partial charge in [0.05, 0.1) is 18.4 Å². The minimum atomic E-state index is 0.0113.